The Morgan fingerprint density at radius 1 is 1.06 bits per heavy atom. The molecule has 3 rings (SSSR count). The minimum Gasteiger partial charge on any atom is -0.490 e. The van der Waals surface area contributed by atoms with Gasteiger partial charge in [-0.3, -0.25) is 0 Å². The Morgan fingerprint density at radius 2 is 1.94 bits per heavy atom. The Hall–Kier alpha value is -2.10. The SMILES string of the molecule is c1coc(CNc2ccc3c(c2)OCCCO3)c1. The molecule has 0 bridgehead atoms. The average molecular weight is 245 g/mol. The summed E-state index contributed by atoms with van der Waals surface area (Å²) in [6, 6.07) is 9.70. The van der Waals surface area contributed by atoms with Crippen LogP contribution >= 0.6 is 0 Å². The second-order valence-corrected chi connectivity index (χ2v) is 4.14. The van der Waals surface area contributed by atoms with Gasteiger partial charge in [0.05, 0.1) is 26.0 Å². The molecule has 94 valence electrons. The molecule has 0 saturated carbocycles. The van der Waals surface area contributed by atoms with E-state index in [0.717, 1.165) is 29.4 Å². The Bertz CT molecular complexity index is 508. The van der Waals surface area contributed by atoms with Crippen molar-refractivity contribution in [3.8, 4) is 11.5 Å². The van der Waals surface area contributed by atoms with Crippen LogP contribution in [0.2, 0.25) is 0 Å². The molecule has 1 N–H and O–H groups in total. The number of anilines is 1. The first kappa shape index (κ1) is 11.0. The van der Waals surface area contributed by atoms with Gasteiger partial charge in [0.25, 0.3) is 0 Å². The summed E-state index contributed by atoms with van der Waals surface area (Å²) in [6.07, 6.45) is 2.59. The molecule has 1 aromatic carbocycles. The molecule has 0 radical (unpaired) electrons. The van der Waals surface area contributed by atoms with Gasteiger partial charge in [0, 0.05) is 18.2 Å². The minimum absolute atomic E-state index is 0.659. The zero-order valence-electron chi connectivity index (χ0n) is 10.0. The van der Waals surface area contributed by atoms with Crippen LogP contribution in [0.4, 0.5) is 5.69 Å². The lowest BCUT2D eigenvalue weighted by Crippen LogP contribution is -1.99. The van der Waals surface area contributed by atoms with Crippen LogP contribution in [-0.4, -0.2) is 13.2 Å². The topological polar surface area (TPSA) is 43.6 Å². The number of fused-ring (bicyclic) bond motifs is 1. The monoisotopic (exact) mass is 245 g/mol. The van der Waals surface area contributed by atoms with E-state index in [1.165, 1.54) is 0 Å². The molecule has 0 aliphatic carbocycles. The number of rotatable bonds is 3. The average Bonchev–Trinajstić information content (AvgIpc) is 2.80. The van der Waals surface area contributed by atoms with Crippen molar-refractivity contribution >= 4 is 5.69 Å². The van der Waals surface area contributed by atoms with E-state index in [4.69, 9.17) is 13.9 Å². The maximum atomic E-state index is 5.64. The molecule has 1 aliphatic rings. The van der Waals surface area contributed by atoms with Crippen molar-refractivity contribution in [1.82, 2.24) is 0 Å². The van der Waals surface area contributed by atoms with Gasteiger partial charge in [-0.05, 0) is 24.3 Å². The van der Waals surface area contributed by atoms with Gasteiger partial charge < -0.3 is 19.2 Å². The standard InChI is InChI=1S/C14H15NO3/c1-3-12(16-6-1)10-15-11-4-5-13-14(9-11)18-8-2-7-17-13/h1,3-6,9,15H,2,7-8,10H2. The molecule has 18 heavy (non-hydrogen) atoms. The highest BCUT2D eigenvalue weighted by molar-refractivity contribution is 5.55. The molecule has 2 aromatic rings. The first-order valence-corrected chi connectivity index (χ1v) is 6.08. The van der Waals surface area contributed by atoms with E-state index in [-0.39, 0.29) is 0 Å². The van der Waals surface area contributed by atoms with Crippen molar-refractivity contribution in [2.24, 2.45) is 0 Å². The summed E-state index contributed by atoms with van der Waals surface area (Å²) in [5, 5.41) is 3.29. The first-order chi connectivity index (χ1) is 8.92. The third-order valence-electron chi connectivity index (χ3n) is 2.79. The summed E-state index contributed by atoms with van der Waals surface area (Å²) < 4.78 is 16.5. The third kappa shape index (κ3) is 2.42. The number of nitrogens with one attached hydrogen (secondary N) is 1. The highest BCUT2D eigenvalue weighted by Gasteiger charge is 2.10. The van der Waals surface area contributed by atoms with E-state index >= 15 is 0 Å². The fraction of sp³-hybridized carbons (Fsp3) is 0.286. The van der Waals surface area contributed by atoms with Gasteiger partial charge in [-0.1, -0.05) is 0 Å². The van der Waals surface area contributed by atoms with Crippen LogP contribution in [0, 0.1) is 0 Å². The summed E-state index contributed by atoms with van der Waals surface area (Å²) in [5.74, 6) is 2.52. The van der Waals surface area contributed by atoms with Crippen molar-refractivity contribution in [2.75, 3.05) is 18.5 Å². The molecule has 2 heterocycles. The highest BCUT2D eigenvalue weighted by Crippen LogP contribution is 2.32. The smallest absolute Gasteiger partial charge is 0.163 e. The lowest BCUT2D eigenvalue weighted by molar-refractivity contribution is 0.297. The fourth-order valence-corrected chi connectivity index (χ4v) is 1.88. The minimum atomic E-state index is 0.659. The first-order valence-electron chi connectivity index (χ1n) is 6.08. The number of benzene rings is 1. The lowest BCUT2D eigenvalue weighted by Gasteiger charge is -2.10. The Balaban J connectivity index is 1.71. The summed E-state index contributed by atoms with van der Waals surface area (Å²) >= 11 is 0. The molecule has 4 heteroatoms. The molecule has 4 nitrogen and oxygen atoms in total. The van der Waals surface area contributed by atoms with E-state index in [1.54, 1.807) is 6.26 Å². The number of hydrogen-bond donors (Lipinski definition) is 1. The highest BCUT2D eigenvalue weighted by atomic mass is 16.5. The summed E-state index contributed by atoms with van der Waals surface area (Å²) in [5.41, 5.74) is 0.996. The molecular weight excluding hydrogens is 230 g/mol. The fourth-order valence-electron chi connectivity index (χ4n) is 1.88. The third-order valence-corrected chi connectivity index (χ3v) is 2.79. The van der Waals surface area contributed by atoms with Crippen LogP contribution in [-0.2, 0) is 6.54 Å². The van der Waals surface area contributed by atoms with Crippen LogP contribution in [0.25, 0.3) is 0 Å². The predicted molar refractivity (Wildman–Crippen MR) is 68.1 cm³/mol. The van der Waals surface area contributed by atoms with Gasteiger partial charge in [0.2, 0.25) is 0 Å². The quantitative estimate of drug-likeness (QED) is 0.902. The van der Waals surface area contributed by atoms with E-state index in [0.29, 0.717) is 19.8 Å². The second-order valence-electron chi connectivity index (χ2n) is 4.14. The zero-order chi connectivity index (χ0) is 12.2. The molecule has 0 spiro atoms. The summed E-state index contributed by atoms with van der Waals surface area (Å²) in [7, 11) is 0. The maximum Gasteiger partial charge on any atom is 0.163 e. The Morgan fingerprint density at radius 3 is 2.78 bits per heavy atom. The molecule has 0 fully saturated rings. The molecule has 0 amide bonds. The molecule has 0 unspecified atom stereocenters. The largest absolute Gasteiger partial charge is 0.490 e. The van der Waals surface area contributed by atoms with E-state index in [2.05, 4.69) is 5.32 Å². The molecule has 1 aromatic heterocycles. The second kappa shape index (κ2) is 5.04. The van der Waals surface area contributed by atoms with E-state index in [9.17, 15) is 0 Å². The molecule has 0 atom stereocenters. The van der Waals surface area contributed by atoms with Gasteiger partial charge >= 0.3 is 0 Å². The maximum absolute atomic E-state index is 5.64. The van der Waals surface area contributed by atoms with Crippen molar-refractivity contribution < 1.29 is 13.9 Å². The van der Waals surface area contributed by atoms with Crippen LogP contribution in [0.15, 0.2) is 41.0 Å². The number of furan rings is 1. The number of ether oxygens (including phenoxy) is 2. The molecule has 1 aliphatic heterocycles. The normalized spacial score (nSPS) is 14.0. The van der Waals surface area contributed by atoms with Crippen LogP contribution in [0.1, 0.15) is 12.2 Å². The summed E-state index contributed by atoms with van der Waals surface area (Å²) in [4.78, 5) is 0. The Kier molecular flexibility index (Phi) is 3.08. The lowest BCUT2D eigenvalue weighted by atomic mass is 10.2. The van der Waals surface area contributed by atoms with Gasteiger partial charge in [-0.25, -0.2) is 0 Å². The van der Waals surface area contributed by atoms with Gasteiger partial charge in [0.15, 0.2) is 11.5 Å². The van der Waals surface area contributed by atoms with Crippen molar-refractivity contribution in [2.45, 2.75) is 13.0 Å². The molecule has 0 saturated heterocycles. The van der Waals surface area contributed by atoms with Crippen molar-refractivity contribution in [3.05, 3.63) is 42.4 Å². The van der Waals surface area contributed by atoms with Crippen molar-refractivity contribution in [3.63, 3.8) is 0 Å². The van der Waals surface area contributed by atoms with Crippen molar-refractivity contribution in [1.29, 1.82) is 0 Å². The molecular formula is C14H15NO3. The number of hydrogen-bond acceptors (Lipinski definition) is 4. The van der Waals surface area contributed by atoms with Gasteiger partial charge in [-0.2, -0.15) is 0 Å². The van der Waals surface area contributed by atoms with E-state index < -0.39 is 0 Å². The van der Waals surface area contributed by atoms with Gasteiger partial charge in [-0.15, -0.1) is 0 Å². The predicted octanol–water partition coefficient (Wildman–Crippen LogP) is 3.05. The van der Waals surface area contributed by atoms with Crippen LogP contribution in [0.3, 0.4) is 0 Å². The zero-order valence-corrected chi connectivity index (χ0v) is 10.0. The van der Waals surface area contributed by atoms with Crippen LogP contribution in [0.5, 0.6) is 11.5 Å². The summed E-state index contributed by atoms with van der Waals surface area (Å²) in [6.45, 7) is 2.08. The Labute approximate surface area is 106 Å². The van der Waals surface area contributed by atoms with E-state index in [1.807, 2.05) is 30.3 Å². The van der Waals surface area contributed by atoms with Gasteiger partial charge in [0.1, 0.15) is 5.76 Å². The van der Waals surface area contributed by atoms with Crippen LogP contribution < -0.4 is 14.8 Å².